The van der Waals surface area contributed by atoms with Crippen LogP contribution in [0.25, 0.3) is 0 Å². The van der Waals surface area contributed by atoms with E-state index in [0.717, 1.165) is 0 Å². The van der Waals surface area contributed by atoms with Crippen LogP contribution in [0, 0.1) is 0 Å². The molecule has 0 fully saturated rings. The third kappa shape index (κ3) is 5.86. The molecule has 0 aromatic carbocycles. The molecule has 0 spiro atoms. The van der Waals surface area contributed by atoms with Gasteiger partial charge in [-0.05, 0) is 38.5 Å². The summed E-state index contributed by atoms with van der Waals surface area (Å²) in [5.41, 5.74) is 0. The average Bonchev–Trinajstić information content (AvgIpc) is 2.67. The second kappa shape index (κ2) is 7.55. The summed E-state index contributed by atoms with van der Waals surface area (Å²) < 4.78 is 0. The van der Waals surface area contributed by atoms with Crippen LogP contribution in [-0.2, 0) is 0 Å². The lowest BCUT2D eigenvalue weighted by atomic mass is 10.4. The van der Waals surface area contributed by atoms with Gasteiger partial charge in [0.25, 0.3) is 0 Å². The molecule has 2 aliphatic rings. The predicted molar refractivity (Wildman–Crippen MR) is 49.6 cm³/mol. The van der Waals surface area contributed by atoms with Crippen molar-refractivity contribution in [3.8, 4) is 0 Å². The third-order valence-electron chi connectivity index (χ3n) is 1.82. The summed E-state index contributed by atoms with van der Waals surface area (Å²) in [4.78, 5) is 0. The van der Waals surface area contributed by atoms with E-state index in [1.165, 1.54) is 38.5 Å². The van der Waals surface area contributed by atoms with E-state index < -0.39 is 0 Å². The van der Waals surface area contributed by atoms with E-state index in [1.807, 2.05) is 0 Å². The molecule has 0 saturated carbocycles. The minimum Gasteiger partial charge on any atom is -0.412 e. The van der Waals surface area contributed by atoms with Crippen LogP contribution < -0.4 is 0 Å². The second-order valence-corrected chi connectivity index (χ2v) is 2.80. The minimum absolute atomic E-state index is 0. The second-order valence-electron chi connectivity index (χ2n) is 2.80. The molecule has 0 unspecified atom stereocenters. The van der Waals surface area contributed by atoms with Crippen LogP contribution >= 0.6 is 0 Å². The Balaban J connectivity index is 0.000000167. The van der Waals surface area contributed by atoms with Crippen LogP contribution in [0.4, 0.5) is 0 Å². The zero-order valence-corrected chi connectivity index (χ0v) is 7.05. The molecule has 0 atom stereocenters. The van der Waals surface area contributed by atoms with E-state index in [2.05, 4.69) is 24.3 Å². The molecule has 2 N–H and O–H groups in total. The summed E-state index contributed by atoms with van der Waals surface area (Å²) in [7, 11) is 0. The van der Waals surface area contributed by atoms with Crippen LogP contribution in [0.15, 0.2) is 24.3 Å². The monoisotopic (exact) mass is 154 g/mol. The van der Waals surface area contributed by atoms with Gasteiger partial charge in [-0.1, -0.05) is 24.3 Å². The van der Waals surface area contributed by atoms with E-state index >= 15 is 0 Å². The molecule has 0 amide bonds. The van der Waals surface area contributed by atoms with Gasteiger partial charge >= 0.3 is 0 Å². The van der Waals surface area contributed by atoms with Crippen LogP contribution in [0.5, 0.6) is 0 Å². The van der Waals surface area contributed by atoms with Crippen molar-refractivity contribution >= 4 is 0 Å². The van der Waals surface area contributed by atoms with Crippen LogP contribution in [-0.4, -0.2) is 5.48 Å². The number of hydrogen-bond donors (Lipinski definition) is 0. The Hall–Kier alpha value is -0.560. The smallest absolute Gasteiger partial charge is 0.0348 e. The molecule has 0 radical (unpaired) electrons. The van der Waals surface area contributed by atoms with Crippen molar-refractivity contribution in [2.24, 2.45) is 0 Å². The van der Waals surface area contributed by atoms with Gasteiger partial charge in [0.15, 0.2) is 0 Å². The summed E-state index contributed by atoms with van der Waals surface area (Å²) >= 11 is 0. The molecule has 11 heavy (non-hydrogen) atoms. The summed E-state index contributed by atoms with van der Waals surface area (Å²) in [5.74, 6) is 0. The Bertz CT molecular complexity index is 96.8. The summed E-state index contributed by atoms with van der Waals surface area (Å²) in [5, 5.41) is 0. The fourth-order valence-corrected chi connectivity index (χ4v) is 1.18. The normalized spacial score (nSPS) is 18.9. The van der Waals surface area contributed by atoms with E-state index in [1.54, 1.807) is 0 Å². The fourth-order valence-electron chi connectivity index (χ4n) is 1.18. The van der Waals surface area contributed by atoms with E-state index in [-0.39, 0.29) is 5.48 Å². The van der Waals surface area contributed by atoms with Crippen molar-refractivity contribution in [1.82, 2.24) is 0 Å². The summed E-state index contributed by atoms with van der Waals surface area (Å²) in [6, 6.07) is 0. The van der Waals surface area contributed by atoms with Gasteiger partial charge in [0.1, 0.15) is 0 Å². The molecule has 0 aromatic heterocycles. The highest BCUT2D eigenvalue weighted by Gasteiger charge is 1.85. The Morgan fingerprint density at radius 3 is 0.909 bits per heavy atom. The van der Waals surface area contributed by atoms with Crippen LogP contribution in [0.1, 0.15) is 38.5 Å². The van der Waals surface area contributed by atoms with Gasteiger partial charge in [0.05, 0.1) is 0 Å². The van der Waals surface area contributed by atoms with Crippen molar-refractivity contribution < 1.29 is 5.48 Å². The molecule has 0 aromatic rings. The van der Waals surface area contributed by atoms with E-state index in [0.29, 0.717) is 0 Å². The fraction of sp³-hybridized carbons (Fsp3) is 0.600. The molecule has 0 bridgehead atoms. The van der Waals surface area contributed by atoms with E-state index in [4.69, 9.17) is 0 Å². The maximum absolute atomic E-state index is 2.24. The largest absolute Gasteiger partial charge is 0.412 e. The van der Waals surface area contributed by atoms with Crippen molar-refractivity contribution in [2.75, 3.05) is 0 Å². The third-order valence-corrected chi connectivity index (χ3v) is 1.82. The highest BCUT2D eigenvalue weighted by atomic mass is 16.0. The first-order valence-electron chi connectivity index (χ1n) is 4.30. The molecular formula is C10H18O. The SMILES string of the molecule is C1=CCCC1.C1=CCCC1.O. The van der Waals surface area contributed by atoms with Gasteiger partial charge in [-0.3, -0.25) is 0 Å². The lowest BCUT2D eigenvalue weighted by Crippen LogP contribution is -1.50. The lowest BCUT2D eigenvalue weighted by molar-refractivity contribution is 0.824. The van der Waals surface area contributed by atoms with Gasteiger partial charge in [0.2, 0.25) is 0 Å². The van der Waals surface area contributed by atoms with Gasteiger partial charge in [-0.25, -0.2) is 0 Å². The molecule has 0 saturated heterocycles. The van der Waals surface area contributed by atoms with Crippen molar-refractivity contribution in [3.63, 3.8) is 0 Å². The van der Waals surface area contributed by atoms with Crippen molar-refractivity contribution in [2.45, 2.75) is 38.5 Å². The summed E-state index contributed by atoms with van der Waals surface area (Å²) in [6.45, 7) is 0. The van der Waals surface area contributed by atoms with Crippen molar-refractivity contribution in [3.05, 3.63) is 24.3 Å². The average molecular weight is 154 g/mol. The number of hydrogen-bond acceptors (Lipinski definition) is 0. The molecule has 1 nitrogen and oxygen atoms in total. The molecule has 2 aliphatic carbocycles. The first-order chi connectivity index (χ1) is 5.00. The van der Waals surface area contributed by atoms with Gasteiger partial charge in [0, 0.05) is 0 Å². The molecule has 0 heterocycles. The number of rotatable bonds is 0. The van der Waals surface area contributed by atoms with Gasteiger partial charge < -0.3 is 5.48 Å². The predicted octanol–water partition coefficient (Wildman–Crippen LogP) is 2.63. The van der Waals surface area contributed by atoms with Gasteiger partial charge in [-0.2, -0.15) is 0 Å². The topological polar surface area (TPSA) is 31.5 Å². The quantitative estimate of drug-likeness (QED) is 0.480. The maximum Gasteiger partial charge on any atom is -0.0348 e. The highest BCUT2D eigenvalue weighted by molar-refractivity contribution is 4.88. The van der Waals surface area contributed by atoms with Crippen molar-refractivity contribution in [1.29, 1.82) is 0 Å². The molecule has 1 heteroatoms. The minimum atomic E-state index is 0. The first-order valence-corrected chi connectivity index (χ1v) is 4.30. The Kier molecular flexibility index (Phi) is 7.16. The van der Waals surface area contributed by atoms with E-state index in [9.17, 15) is 0 Å². The number of allylic oxidation sites excluding steroid dienone is 4. The lowest BCUT2D eigenvalue weighted by Gasteiger charge is -1.69. The van der Waals surface area contributed by atoms with Gasteiger partial charge in [-0.15, -0.1) is 0 Å². The molecular weight excluding hydrogens is 136 g/mol. The highest BCUT2D eigenvalue weighted by Crippen LogP contribution is 2.05. The van der Waals surface area contributed by atoms with Crippen LogP contribution in [0.3, 0.4) is 0 Å². The van der Waals surface area contributed by atoms with Crippen LogP contribution in [0.2, 0.25) is 0 Å². The Labute approximate surface area is 69.1 Å². The zero-order chi connectivity index (χ0) is 7.07. The molecule has 0 aliphatic heterocycles. The maximum atomic E-state index is 2.24. The Morgan fingerprint density at radius 2 is 0.818 bits per heavy atom. The summed E-state index contributed by atoms with van der Waals surface area (Å²) in [6.07, 6.45) is 17.0. The zero-order valence-electron chi connectivity index (χ0n) is 7.05. The molecule has 2 rings (SSSR count). The Morgan fingerprint density at radius 1 is 0.545 bits per heavy atom. The first kappa shape index (κ1) is 10.4. The standard InChI is InChI=1S/2C5H8.H2O/c2*1-2-4-5-3-1;/h2*1-2H,3-5H2;1H2. The molecule has 64 valence electrons.